The van der Waals surface area contributed by atoms with Gasteiger partial charge in [0, 0.05) is 23.2 Å². The van der Waals surface area contributed by atoms with Gasteiger partial charge in [-0.1, -0.05) is 48.5 Å². The number of rotatable bonds is 4. The van der Waals surface area contributed by atoms with Crippen LogP contribution in [0.15, 0.2) is 82.3 Å². The van der Waals surface area contributed by atoms with Crippen molar-refractivity contribution in [2.45, 2.75) is 26.2 Å². The summed E-state index contributed by atoms with van der Waals surface area (Å²) in [5, 5.41) is 10.1. The highest BCUT2D eigenvalue weighted by atomic mass is 32.1. The molecule has 5 rings (SSSR count). The third-order valence-corrected chi connectivity index (χ3v) is 5.96. The smallest absolute Gasteiger partial charge is 0.379 e. The van der Waals surface area contributed by atoms with Crippen molar-refractivity contribution in [3.8, 4) is 5.75 Å². The van der Waals surface area contributed by atoms with Crippen LogP contribution in [0.4, 0.5) is 5.69 Å². The highest BCUT2D eigenvalue weighted by Gasteiger charge is 2.29. The van der Waals surface area contributed by atoms with E-state index in [-0.39, 0.29) is 5.76 Å². The van der Waals surface area contributed by atoms with Gasteiger partial charge in [0.1, 0.15) is 11.5 Å². The van der Waals surface area contributed by atoms with Crippen LogP contribution in [0.3, 0.4) is 0 Å². The van der Waals surface area contributed by atoms with Crippen molar-refractivity contribution in [2.24, 2.45) is 5.10 Å². The topological polar surface area (TPSA) is 75.9 Å². The summed E-state index contributed by atoms with van der Waals surface area (Å²) in [4.78, 5) is 13.0. The maximum atomic E-state index is 13.0. The second-order valence-corrected chi connectivity index (χ2v) is 8.51. The Labute approximate surface area is 202 Å². The number of para-hydroxylation sites is 1. The fraction of sp³-hybridized carbons (Fsp3) is 0.148. The lowest BCUT2D eigenvalue weighted by atomic mass is 9.93. The van der Waals surface area contributed by atoms with Gasteiger partial charge in [-0.05, 0) is 67.0 Å². The van der Waals surface area contributed by atoms with Crippen LogP contribution in [-0.2, 0) is 6.42 Å². The summed E-state index contributed by atoms with van der Waals surface area (Å²) in [5.74, 6) is 0.913. The third-order valence-electron chi connectivity index (χ3n) is 5.77. The third kappa shape index (κ3) is 4.56. The zero-order chi connectivity index (χ0) is 23.5. The molecule has 0 saturated carbocycles. The Morgan fingerprint density at radius 1 is 1.00 bits per heavy atom. The minimum atomic E-state index is -0.518. The van der Waals surface area contributed by atoms with E-state index < -0.39 is 5.97 Å². The average Bonchev–Trinajstić information content (AvgIpc) is 3.20. The summed E-state index contributed by atoms with van der Waals surface area (Å²) in [6.07, 6.45) is 2.37. The molecule has 34 heavy (non-hydrogen) atoms. The second-order valence-electron chi connectivity index (χ2n) is 8.10. The van der Waals surface area contributed by atoms with Gasteiger partial charge in [-0.2, -0.15) is 5.10 Å². The van der Waals surface area contributed by atoms with Crippen molar-refractivity contribution in [1.29, 1.82) is 0 Å². The molecule has 0 spiro atoms. The zero-order valence-electron chi connectivity index (χ0n) is 18.6. The van der Waals surface area contributed by atoms with Gasteiger partial charge in [0.15, 0.2) is 5.11 Å². The van der Waals surface area contributed by atoms with Crippen LogP contribution in [0.25, 0.3) is 10.8 Å². The van der Waals surface area contributed by atoms with Crippen molar-refractivity contribution < 1.29 is 13.9 Å². The number of nitrogens with zero attached hydrogens (tertiary/aromatic N) is 1. The number of anilines is 1. The van der Waals surface area contributed by atoms with Crippen molar-refractivity contribution in [3.05, 3.63) is 95.4 Å². The number of hydrazone groups is 1. The van der Waals surface area contributed by atoms with Crippen molar-refractivity contribution in [2.75, 3.05) is 5.32 Å². The molecule has 2 N–H and O–H groups in total. The maximum Gasteiger partial charge on any atom is 0.379 e. The van der Waals surface area contributed by atoms with Gasteiger partial charge in [0.2, 0.25) is 5.76 Å². The van der Waals surface area contributed by atoms with E-state index in [0.29, 0.717) is 10.9 Å². The Kier molecular flexibility index (Phi) is 6.10. The number of nitrogens with one attached hydrogen (secondary N) is 2. The predicted molar refractivity (Wildman–Crippen MR) is 138 cm³/mol. The monoisotopic (exact) mass is 469 g/mol. The predicted octanol–water partition coefficient (Wildman–Crippen LogP) is 5.99. The molecule has 0 bridgehead atoms. The molecule has 170 valence electrons. The van der Waals surface area contributed by atoms with Crippen molar-refractivity contribution in [1.82, 2.24) is 5.43 Å². The number of esters is 1. The lowest BCUT2D eigenvalue weighted by molar-refractivity contribution is 0.0698. The van der Waals surface area contributed by atoms with Crippen molar-refractivity contribution in [3.63, 3.8) is 0 Å². The highest BCUT2D eigenvalue weighted by Crippen LogP contribution is 2.31. The largest absolute Gasteiger partial charge is 0.453 e. The van der Waals surface area contributed by atoms with E-state index in [2.05, 4.69) is 15.8 Å². The standard InChI is InChI=1S/C27H23N3O3S/c1-17-24-22(29-30-27(34)28-20-10-3-2-4-11-20)12-7-13-23(24)33-25(17)26(31)32-21-15-14-18-8-5-6-9-19(18)16-21/h2-6,8-11,14-16H,7,12-13H2,1H3,(H2,28,30,34)/b29-22+. The van der Waals surface area contributed by atoms with Gasteiger partial charge in [0.05, 0.1) is 5.71 Å². The molecule has 0 amide bonds. The quantitative estimate of drug-likeness (QED) is 0.166. The Morgan fingerprint density at radius 2 is 1.76 bits per heavy atom. The summed E-state index contributed by atoms with van der Waals surface area (Å²) in [6, 6.07) is 23.1. The lowest BCUT2D eigenvalue weighted by Gasteiger charge is -2.14. The fourth-order valence-electron chi connectivity index (χ4n) is 4.16. The zero-order valence-corrected chi connectivity index (χ0v) is 19.4. The first kappa shape index (κ1) is 21.9. The van der Waals surface area contributed by atoms with Crippen LogP contribution < -0.4 is 15.5 Å². The molecular formula is C27H23N3O3S. The summed E-state index contributed by atoms with van der Waals surface area (Å²) in [7, 11) is 0. The minimum absolute atomic E-state index is 0.206. The Hall–Kier alpha value is -3.97. The van der Waals surface area contributed by atoms with E-state index in [0.717, 1.165) is 58.3 Å². The number of furan rings is 1. The van der Waals surface area contributed by atoms with Gasteiger partial charge in [-0.15, -0.1) is 0 Å². The van der Waals surface area contributed by atoms with E-state index in [9.17, 15) is 4.79 Å². The SMILES string of the molecule is Cc1c(C(=O)Oc2ccc3ccccc3c2)oc2c1/C(=N/NC(=S)Nc1ccccc1)CCC2. The second kappa shape index (κ2) is 9.49. The van der Waals surface area contributed by atoms with Crippen LogP contribution in [0, 0.1) is 6.92 Å². The molecule has 0 fully saturated rings. The Balaban J connectivity index is 1.34. The summed E-state index contributed by atoms with van der Waals surface area (Å²) in [5.41, 5.74) is 6.18. The van der Waals surface area contributed by atoms with Crippen molar-refractivity contribution >= 4 is 45.5 Å². The van der Waals surface area contributed by atoms with Gasteiger partial charge >= 0.3 is 5.97 Å². The summed E-state index contributed by atoms with van der Waals surface area (Å²) >= 11 is 5.36. The number of carbonyl (C=O) groups excluding carboxylic acids is 1. The molecule has 7 heteroatoms. The summed E-state index contributed by atoms with van der Waals surface area (Å²) in [6.45, 7) is 1.86. The first-order chi connectivity index (χ1) is 16.6. The number of thiocarbonyl (C=S) groups is 1. The number of hydrogen-bond acceptors (Lipinski definition) is 5. The van der Waals surface area contributed by atoms with Crippen LogP contribution in [-0.4, -0.2) is 16.8 Å². The number of fused-ring (bicyclic) bond motifs is 2. The number of ether oxygens (including phenoxy) is 1. The first-order valence-electron chi connectivity index (χ1n) is 11.1. The molecule has 0 saturated heterocycles. The molecule has 0 radical (unpaired) electrons. The molecule has 0 aliphatic heterocycles. The number of benzene rings is 3. The number of aryl methyl sites for hydroxylation is 1. The van der Waals surface area contributed by atoms with Crippen LogP contribution in [0.2, 0.25) is 0 Å². The first-order valence-corrected chi connectivity index (χ1v) is 11.5. The van der Waals surface area contributed by atoms with Gasteiger partial charge in [-0.25, -0.2) is 4.79 Å². The van der Waals surface area contributed by atoms with Gasteiger partial charge < -0.3 is 14.5 Å². The van der Waals surface area contributed by atoms with E-state index in [1.807, 2.05) is 73.7 Å². The number of carbonyl (C=O) groups is 1. The Bertz CT molecular complexity index is 1410. The van der Waals surface area contributed by atoms with E-state index in [1.54, 1.807) is 6.07 Å². The molecule has 0 unspecified atom stereocenters. The molecule has 1 aliphatic rings. The number of hydrogen-bond donors (Lipinski definition) is 2. The minimum Gasteiger partial charge on any atom is -0.453 e. The average molecular weight is 470 g/mol. The van der Waals surface area contributed by atoms with Crippen LogP contribution >= 0.6 is 12.2 Å². The van der Waals surface area contributed by atoms with E-state index in [1.165, 1.54) is 0 Å². The van der Waals surface area contributed by atoms with Crippen LogP contribution in [0.1, 0.15) is 40.3 Å². The molecular weight excluding hydrogens is 446 g/mol. The lowest BCUT2D eigenvalue weighted by Crippen LogP contribution is -2.26. The van der Waals surface area contributed by atoms with E-state index >= 15 is 0 Å². The van der Waals surface area contributed by atoms with E-state index in [4.69, 9.17) is 21.4 Å². The molecule has 1 aliphatic carbocycles. The van der Waals surface area contributed by atoms with Crippen LogP contribution in [0.5, 0.6) is 5.75 Å². The molecule has 3 aromatic carbocycles. The molecule has 1 heterocycles. The Morgan fingerprint density at radius 3 is 2.59 bits per heavy atom. The molecule has 4 aromatic rings. The van der Waals surface area contributed by atoms with Gasteiger partial charge in [-0.3, -0.25) is 5.43 Å². The normalized spacial score (nSPS) is 14.0. The summed E-state index contributed by atoms with van der Waals surface area (Å²) < 4.78 is 11.6. The molecule has 0 atom stereocenters. The molecule has 6 nitrogen and oxygen atoms in total. The van der Waals surface area contributed by atoms with Gasteiger partial charge in [0.25, 0.3) is 0 Å². The molecule has 1 aromatic heterocycles. The fourth-order valence-corrected chi connectivity index (χ4v) is 4.32. The highest BCUT2D eigenvalue weighted by molar-refractivity contribution is 7.80. The maximum absolute atomic E-state index is 13.0.